The lowest BCUT2D eigenvalue weighted by atomic mass is 9.92. The molecule has 2 aromatic carbocycles. The van der Waals surface area contributed by atoms with Crippen molar-refractivity contribution in [2.24, 2.45) is 5.41 Å². The molecule has 0 aromatic heterocycles. The Morgan fingerprint density at radius 2 is 1.92 bits per heavy atom. The van der Waals surface area contributed by atoms with E-state index in [2.05, 4.69) is 29.8 Å². The number of nitrogens with one attached hydrogen (secondary N) is 3. The molecule has 0 bridgehead atoms. The molecule has 3 unspecified atom stereocenters. The predicted molar refractivity (Wildman–Crippen MR) is 162 cm³/mol. The number of amides is 1. The van der Waals surface area contributed by atoms with E-state index in [1.807, 2.05) is 43.3 Å². The van der Waals surface area contributed by atoms with Crippen LogP contribution in [0.1, 0.15) is 68.8 Å². The number of aliphatic hydroxyl groups is 1. The van der Waals surface area contributed by atoms with Gasteiger partial charge in [-0.1, -0.05) is 44.2 Å². The molecule has 2 aromatic rings. The number of benzene rings is 2. The molecule has 3 atom stereocenters. The summed E-state index contributed by atoms with van der Waals surface area (Å²) in [7, 11) is -2.93. The summed E-state index contributed by atoms with van der Waals surface area (Å²) in [5.41, 5.74) is 3.12. The Balaban J connectivity index is 1.53. The van der Waals surface area contributed by atoms with Crippen molar-refractivity contribution >= 4 is 28.1 Å². The molecule has 1 aliphatic carbocycles. The molecule has 9 heteroatoms. The molecule has 0 radical (unpaired) electrons. The first kappa shape index (κ1) is 29.7. The average molecular weight is 559 g/mol. The van der Waals surface area contributed by atoms with Crippen molar-refractivity contribution in [2.75, 3.05) is 35.0 Å². The lowest BCUT2D eigenvalue weighted by molar-refractivity contribution is 0.0824. The van der Waals surface area contributed by atoms with Crippen molar-refractivity contribution in [3.63, 3.8) is 0 Å². The lowest BCUT2D eigenvalue weighted by Gasteiger charge is -2.47. The molecule has 2 aliphatic rings. The van der Waals surface area contributed by atoms with Gasteiger partial charge in [-0.3, -0.25) is 18.2 Å². The summed E-state index contributed by atoms with van der Waals surface area (Å²) in [6.45, 7) is 8.13. The van der Waals surface area contributed by atoms with Gasteiger partial charge in [-0.2, -0.15) is 0 Å². The number of carbonyl (C=O) groups excluding carboxylic acids is 1. The van der Waals surface area contributed by atoms with Gasteiger partial charge in [0, 0.05) is 36.9 Å². The predicted octanol–water partition coefficient (Wildman–Crippen LogP) is 5.25. The monoisotopic (exact) mass is 558 g/mol. The molecule has 39 heavy (non-hydrogen) atoms. The summed E-state index contributed by atoms with van der Waals surface area (Å²) in [6.07, 6.45) is 4.68. The summed E-state index contributed by atoms with van der Waals surface area (Å²) < 4.78 is 23.0. The van der Waals surface area contributed by atoms with Gasteiger partial charge < -0.3 is 21.1 Å². The molecule has 1 aliphatic heterocycles. The molecule has 0 spiro atoms. The molecule has 1 saturated heterocycles. The minimum absolute atomic E-state index is 0.300. The molecule has 2 fully saturated rings. The molecule has 4 rings (SSSR count). The number of carbonyl (C=O) groups is 1. The van der Waals surface area contributed by atoms with Crippen LogP contribution in [0.2, 0.25) is 0 Å². The summed E-state index contributed by atoms with van der Waals surface area (Å²) in [5.74, 6) is 0.0303. The molecule has 6 N–H and O–H groups in total. The second-order valence-corrected chi connectivity index (χ2v) is 13.9. The van der Waals surface area contributed by atoms with Crippen LogP contribution in [0.4, 0.5) is 11.4 Å². The zero-order chi connectivity index (χ0) is 28.0. The van der Waals surface area contributed by atoms with Crippen LogP contribution in [-0.2, 0) is 6.42 Å². The van der Waals surface area contributed by atoms with Crippen LogP contribution < -0.4 is 20.3 Å². The fraction of sp³-hybridized carbons (Fsp3) is 0.567. The number of aliphatic hydroxyl groups excluding tert-OH is 1. The van der Waals surface area contributed by atoms with Gasteiger partial charge in [-0.25, -0.2) is 0 Å². The molecule has 1 saturated carbocycles. The van der Waals surface area contributed by atoms with Gasteiger partial charge in [0.2, 0.25) is 0 Å². The molecule has 8 nitrogen and oxygen atoms in total. The maximum absolute atomic E-state index is 13.6. The highest BCUT2D eigenvalue weighted by Crippen LogP contribution is 2.50. The standard InChI is InChI=1S/C30H46N4O4S/c1-4-31-25-17-23(18-26(19-25)34-14-8-9-15-39(34,37)38)29(36)33-27(16-22-10-6-5-7-11-22)28(35)21-32-24-12-13-30(2,3)20-24/h5-7,10-11,17-19,24,27-28,31-32,35,37-38H,4,8-9,12-16,20-21H2,1-3H3,(H,33,36). The summed E-state index contributed by atoms with van der Waals surface area (Å²) in [4.78, 5) is 13.6. The van der Waals surface area contributed by atoms with Crippen LogP contribution in [0.25, 0.3) is 0 Å². The van der Waals surface area contributed by atoms with Crippen molar-refractivity contribution in [2.45, 2.75) is 77.5 Å². The Labute approximate surface area is 235 Å². The van der Waals surface area contributed by atoms with E-state index in [0.29, 0.717) is 54.5 Å². The smallest absolute Gasteiger partial charge is 0.251 e. The van der Waals surface area contributed by atoms with E-state index in [1.165, 1.54) is 0 Å². The number of nitrogens with zero attached hydrogens (tertiary/aromatic N) is 1. The third kappa shape index (κ3) is 8.11. The third-order valence-electron chi connectivity index (χ3n) is 7.89. The van der Waals surface area contributed by atoms with E-state index >= 15 is 0 Å². The van der Waals surface area contributed by atoms with E-state index in [0.717, 1.165) is 43.4 Å². The first-order valence-electron chi connectivity index (χ1n) is 14.2. The fourth-order valence-corrected chi connectivity index (χ4v) is 7.42. The normalized spacial score (nSPS) is 22.6. The molecular formula is C30H46N4O4S. The fourth-order valence-electron chi connectivity index (χ4n) is 5.74. The highest BCUT2D eigenvalue weighted by Gasteiger charge is 2.32. The van der Waals surface area contributed by atoms with Crippen LogP contribution in [0.15, 0.2) is 48.5 Å². The highest BCUT2D eigenvalue weighted by molar-refractivity contribution is 8.25. The Morgan fingerprint density at radius 1 is 1.15 bits per heavy atom. The zero-order valence-electron chi connectivity index (χ0n) is 23.5. The summed E-state index contributed by atoms with van der Waals surface area (Å²) in [6, 6.07) is 15.1. The lowest BCUT2D eigenvalue weighted by Crippen LogP contribution is -2.50. The van der Waals surface area contributed by atoms with Gasteiger partial charge in [0.1, 0.15) is 0 Å². The number of anilines is 2. The number of rotatable bonds is 11. The van der Waals surface area contributed by atoms with Crippen molar-refractivity contribution < 1.29 is 19.0 Å². The van der Waals surface area contributed by atoms with Crippen LogP contribution in [0.3, 0.4) is 0 Å². The quantitative estimate of drug-likeness (QED) is 0.223. The van der Waals surface area contributed by atoms with Crippen molar-refractivity contribution in [3.8, 4) is 0 Å². The van der Waals surface area contributed by atoms with E-state index in [1.54, 1.807) is 16.4 Å². The van der Waals surface area contributed by atoms with Crippen molar-refractivity contribution in [1.82, 2.24) is 10.6 Å². The van der Waals surface area contributed by atoms with Crippen LogP contribution >= 0.6 is 10.8 Å². The first-order chi connectivity index (χ1) is 18.6. The largest absolute Gasteiger partial charge is 0.390 e. The average Bonchev–Trinajstić information content (AvgIpc) is 3.25. The Bertz CT molecular complexity index is 1100. The van der Waals surface area contributed by atoms with Crippen LogP contribution in [0.5, 0.6) is 0 Å². The second kappa shape index (κ2) is 12.9. The van der Waals surface area contributed by atoms with Gasteiger partial charge in [0.05, 0.1) is 23.6 Å². The second-order valence-electron chi connectivity index (χ2n) is 11.8. The van der Waals surface area contributed by atoms with Gasteiger partial charge in [-0.05, 0) is 74.6 Å². The van der Waals surface area contributed by atoms with E-state index in [9.17, 15) is 19.0 Å². The van der Waals surface area contributed by atoms with E-state index < -0.39 is 22.9 Å². The number of hydrogen-bond acceptors (Lipinski definition) is 7. The first-order valence-corrected chi connectivity index (χ1v) is 15.9. The van der Waals surface area contributed by atoms with Crippen molar-refractivity contribution in [3.05, 3.63) is 59.7 Å². The van der Waals surface area contributed by atoms with E-state index in [4.69, 9.17) is 0 Å². The maximum atomic E-state index is 13.6. The van der Waals surface area contributed by atoms with Gasteiger partial charge in [0.15, 0.2) is 0 Å². The van der Waals surface area contributed by atoms with Gasteiger partial charge >= 0.3 is 0 Å². The van der Waals surface area contributed by atoms with Crippen molar-refractivity contribution in [1.29, 1.82) is 0 Å². The van der Waals surface area contributed by atoms with Gasteiger partial charge in [-0.15, -0.1) is 10.8 Å². The Kier molecular flexibility index (Phi) is 9.82. The van der Waals surface area contributed by atoms with Crippen LogP contribution in [-0.4, -0.2) is 63.7 Å². The van der Waals surface area contributed by atoms with E-state index in [-0.39, 0.29) is 5.91 Å². The minimum atomic E-state index is -2.93. The number of hydrogen-bond donors (Lipinski definition) is 6. The van der Waals surface area contributed by atoms with Gasteiger partial charge in [0.25, 0.3) is 5.91 Å². The van der Waals surface area contributed by atoms with Crippen LogP contribution in [0, 0.1) is 5.41 Å². The molecule has 216 valence electrons. The Hall–Kier alpha value is -2.30. The molecular weight excluding hydrogens is 512 g/mol. The molecule has 1 amide bonds. The maximum Gasteiger partial charge on any atom is 0.251 e. The summed E-state index contributed by atoms with van der Waals surface area (Å²) >= 11 is 0. The zero-order valence-corrected chi connectivity index (χ0v) is 24.3. The highest BCUT2D eigenvalue weighted by atomic mass is 32.3. The minimum Gasteiger partial charge on any atom is -0.390 e. The topological polar surface area (TPSA) is 117 Å². The third-order valence-corrected chi connectivity index (χ3v) is 9.83. The SMILES string of the molecule is CCNc1cc(C(=O)NC(Cc2ccccc2)C(O)CNC2CCC(C)(C)C2)cc(N2CCCCS2(O)O)c1. The Morgan fingerprint density at radius 3 is 2.59 bits per heavy atom. The molecule has 1 heterocycles. The summed E-state index contributed by atoms with van der Waals surface area (Å²) in [5, 5.41) is 21.2.